The lowest BCUT2D eigenvalue weighted by molar-refractivity contribution is -0.384. The molecule has 1 fully saturated rings. The van der Waals surface area contributed by atoms with E-state index < -0.39 is 4.92 Å². The minimum absolute atomic E-state index is 0.0192. The molecule has 0 bridgehead atoms. The van der Waals surface area contributed by atoms with Crippen molar-refractivity contribution in [3.63, 3.8) is 0 Å². The molecule has 0 aliphatic heterocycles. The van der Waals surface area contributed by atoms with E-state index in [9.17, 15) is 14.9 Å². The largest absolute Gasteiger partial charge is 0.303 e. The summed E-state index contributed by atoms with van der Waals surface area (Å²) in [6.45, 7) is 0. The SMILES string of the molecule is O=CC1CC1c1ccc(Cl)c([N+](=O)[O-])c1. The Morgan fingerprint density at radius 3 is 2.80 bits per heavy atom. The molecule has 1 saturated carbocycles. The number of carbonyl (C=O) groups is 1. The molecule has 0 aromatic heterocycles. The number of carbonyl (C=O) groups excluding carboxylic acids is 1. The van der Waals surface area contributed by atoms with E-state index >= 15 is 0 Å². The summed E-state index contributed by atoms with van der Waals surface area (Å²) in [7, 11) is 0. The Hall–Kier alpha value is -1.42. The van der Waals surface area contributed by atoms with Gasteiger partial charge in [0.25, 0.3) is 5.69 Å². The van der Waals surface area contributed by atoms with Gasteiger partial charge in [-0.15, -0.1) is 0 Å². The molecule has 15 heavy (non-hydrogen) atoms. The van der Waals surface area contributed by atoms with E-state index in [0.717, 1.165) is 18.3 Å². The maximum Gasteiger partial charge on any atom is 0.288 e. The molecule has 1 aliphatic carbocycles. The van der Waals surface area contributed by atoms with Crippen LogP contribution in [0.2, 0.25) is 5.02 Å². The second-order valence-electron chi connectivity index (χ2n) is 3.61. The lowest BCUT2D eigenvalue weighted by Gasteiger charge is -1.99. The Kier molecular flexibility index (Phi) is 2.44. The van der Waals surface area contributed by atoms with Crippen LogP contribution in [0.15, 0.2) is 18.2 Å². The van der Waals surface area contributed by atoms with Gasteiger partial charge in [0, 0.05) is 12.0 Å². The highest BCUT2D eigenvalue weighted by atomic mass is 35.5. The van der Waals surface area contributed by atoms with Gasteiger partial charge in [0.05, 0.1) is 4.92 Å². The summed E-state index contributed by atoms with van der Waals surface area (Å²) < 4.78 is 0. The zero-order chi connectivity index (χ0) is 11.0. The lowest BCUT2D eigenvalue weighted by atomic mass is 10.1. The van der Waals surface area contributed by atoms with Gasteiger partial charge < -0.3 is 4.79 Å². The number of nitro groups is 1. The minimum Gasteiger partial charge on any atom is -0.303 e. The average Bonchev–Trinajstić information content (AvgIpc) is 2.97. The fraction of sp³-hybridized carbons (Fsp3) is 0.300. The van der Waals surface area contributed by atoms with E-state index in [1.54, 1.807) is 6.07 Å². The predicted molar refractivity (Wildman–Crippen MR) is 55.0 cm³/mol. The van der Waals surface area contributed by atoms with Crippen molar-refractivity contribution >= 4 is 23.6 Å². The second kappa shape index (κ2) is 3.62. The van der Waals surface area contributed by atoms with Crippen molar-refractivity contribution in [2.24, 2.45) is 5.92 Å². The van der Waals surface area contributed by atoms with Crippen LogP contribution < -0.4 is 0 Å². The van der Waals surface area contributed by atoms with Crippen molar-refractivity contribution in [2.75, 3.05) is 0 Å². The van der Waals surface area contributed by atoms with Gasteiger partial charge in [0.2, 0.25) is 0 Å². The summed E-state index contributed by atoms with van der Waals surface area (Å²) in [5, 5.41) is 10.8. The lowest BCUT2D eigenvalue weighted by Crippen LogP contribution is -1.92. The highest BCUT2D eigenvalue weighted by molar-refractivity contribution is 6.32. The van der Waals surface area contributed by atoms with Gasteiger partial charge in [-0.25, -0.2) is 0 Å². The molecule has 0 radical (unpaired) electrons. The fourth-order valence-corrected chi connectivity index (χ4v) is 1.84. The molecule has 0 spiro atoms. The van der Waals surface area contributed by atoms with E-state index in [4.69, 9.17) is 11.6 Å². The van der Waals surface area contributed by atoms with Crippen LogP contribution in [0.3, 0.4) is 0 Å². The van der Waals surface area contributed by atoms with Crippen LogP contribution in [0.25, 0.3) is 0 Å². The van der Waals surface area contributed by atoms with Crippen LogP contribution >= 0.6 is 11.6 Å². The molecule has 2 atom stereocenters. The van der Waals surface area contributed by atoms with Crippen molar-refractivity contribution in [3.05, 3.63) is 38.9 Å². The smallest absolute Gasteiger partial charge is 0.288 e. The van der Waals surface area contributed by atoms with Crippen LogP contribution in [0.4, 0.5) is 5.69 Å². The first-order chi connectivity index (χ1) is 7.13. The molecule has 0 saturated heterocycles. The summed E-state index contributed by atoms with van der Waals surface area (Å²) in [4.78, 5) is 20.6. The molecular weight excluding hydrogens is 218 g/mol. The van der Waals surface area contributed by atoms with Crippen molar-refractivity contribution in [1.82, 2.24) is 0 Å². The first kappa shape index (κ1) is 10.1. The maximum absolute atomic E-state index is 10.6. The quantitative estimate of drug-likeness (QED) is 0.451. The van der Waals surface area contributed by atoms with E-state index in [-0.39, 0.29) is 22.5 Å². The number of hydrogen-bond donors (Lipinski definition) is 0. The van der Waals surface area contributed by atoms with Crippen molar-refractivity contribution in [2.45, 2.75) is 12.3 Å². The molecule has 2 unspecified atom stereocenters. The van der Waals surface area contributed by atoms with Crippen LogP contribution in [-0.4, -0.2) is 11.2 Å². The minimum atomic E-state index is -0.510. The number of halogens is 1. The summed E-state index contributed by atoms with van der Waals surface area (Å²) in [5.74, 6) is 0.157. The standard InChI is InChI=1S/C10H8ClNO3/c11-9-2-1-6(4-10(9)12(14)15)8-3-7(8)5-13/h1-2,4-5,7-8H,3H2. The first-order valence-electron chi connectivity index (χ1n) is 4.52. The topological polar surface area (TPSA) is 60.2 Å². The third-order valence-corrected chi connectivity index (χ3v) is 2.93. The van der Waals surface area contributed by atoms with Gasteiger partial charge in [-0.05, 0) is 24.0 Å². The average molecular weight is 226 g/mol. The summed E-state index contributed by atoms with van der Waals surface area (Å²) in [5.41, 5.74) is 0.730. The summed E-state index contributed by atoms with van der Waals surface area (Å²) >= 11 is 5.68. The number of rotatable bonds is 3. The Bertz CT molecular complexity index is 433. The predicted octanol–water partition coefficient (Wildman–Crippen LogP) is 2.55. The Balaban J connectivity index is 2.31. The first-order valence-corrected chi connectivity index (χ1v) is 4.90. The number of hydrogen-bond acceptors (Lipinski definition) is 3. The van der Waals surface area contributed by atoms with Crippen LogP contribution in [0.5, 0.6) is 0 Å². The monoisotopic (exact) mass is 225 g/mol. The molecular formula is C10H8ClNO3. The molecule has 1 aromatic carbocycles. The van der Waals surface area contributed by atoms with E-state index in [0.29, 0.717) is 0 Å². The highest BCUT2D eigenvalue weighted by Crippen LogP contribution is 2.47. The van der Waals surface area contributed by atoms with Crippen LogP contribution in [0, 0.1) is 16.0 Å². The molecule has 2 rings (SSSR count). The molecule has 0 heterocycles. The van der Waals surface area contributed by atoms with Gasteiger partial charge in [-0.1, -0.05) is 17.7 Å². The molecule has 5 heteroatoms. The van der Waals surface area contributed by atoms with E-state index in [1.807, 2.05) is 0 Å². The van der Waals surface area contributed by atoms with E-state index in [1.165, 1.54) is 12.1 Å². The molecule has 1 aromatic rings. The summed E-state index contributed by atoms with van der Waals surface area (Å²) in [6, 6.07) is 4.70. The molecule has 0 N–H and O–H groups in total. The Morgan fingerprint density at radius 1 is 1.53 bits per heavy atom. The number of aldehydes is 1. The third kappa shape index (κ3) is 1.85. The molecule has 78 valence electrons. The number of nitrogens with zero attached hydrogens (tertiary/aromatic N) is 1. The van der Waals surface area contributed by atoms with Crippen molar-refractivity contribution in [3.8, 4) is 0 Å². The Morgan fingerprint density at radius 2 is 2.27 bits per heavy atom. The fourth-order valence-electron chi connectivity index (χ4n) is 1.65. The normalized spacial score (nSPS) is 23.5. The molecule has 1 aliphatic rings. The zero-order valence-corrected chi connectivity index (χ0v) is 8.48. The highest BCUT2D eigenvalue weighted by Gasteiger charge is 2.38. The molecule has 0 amide bonds. The van der Waals surface area contributed by atoms with Gasteiger partial charge in [0.15, 0.2) is 0 Å². The van der Waals surface area contributed by atoms with Crippen molar-refractivity contribution < 1.29 is 9.72 Å². The van der Waals surface area contributed by atoms with Crippen LogP contribution in [-0.2, 0) is 4.79 Å². The van der Waals surface area contributed by atoms with Gasteiger partial charge >= 0.3 is 0 Å². The van der Waals surface area contributed by atoms with Crippen molar-refractivity contribution in [1.29, 1.82) is 0 Å². The second-order valence-corrected chi connectivity index (χ2v) is 4.02. The van der Waals surface area contributed by atoms with E-state index in [2.05, 4.69) is 0 Å². The van der Waals surface area contributed by atoms with Gasteiger partial charge in [-0.3, -0.25) is 10.1 Å². The summed E-state index contributed by atoms with van der Waals surface area (Å²) in [6.07, 6.45) is 1.67. The number of benzene rings is 1. The van der Waals surface area contributed by atoms with Crippen LogP contribution in [0.1, 0.15) is 17.9 Å². The Labute approximate surface area is 91.0 Å². The maximum atomic E-state index is 10.6. The number of nitro benzene ring substituents is 1. The van der Waals surface area contributed by atoms with Gasteiger partial charge in [-0.2, -0.15) is 0 Å². The zero-order valence-electron chi connectivity index (χ0n) is 7.72. The third-order valence-electron chi connectivity index (χ3n) is 2.61. The molecule has 4 nitrogen and oxygen atoms in total. The van der Waals surface area contributed by atoms with Gasteiger partial charge in [0.1, 0.15) is 11.3 Å².